The molecule has 4 aromatic carbocycles. The van der Waals surface area contributed by atoms with Gasteiger partial charge in [-0.25, -0.2) is 4.98 Å². The Morgan fingerprint density at radius 2 is 1.53 bits per heavy atom. The molecule has 0 fully saturated rings. The van der Waals surface area contributed by atoms with Gasteiger partial charge in [-0.05, 0) is 77.2 Å². The molecule has 0 spiro atoms. The molecule has 5 aromatic rings. The normalized spacial score (nSPS) is 13.3. The smallest absolute Gasteiger partial charge is 0.153 e. The van der Waals surface area contributed by atoms with E-state index in [2.05, 4.69) is 98.2 Å². The van der Waals surface area contributed by atoms with Crippen LogP contribution in [0.4, 0.5) is 0 Å². The number of imidazole rings is 1. The lowest BCUT2D eigenvalue weighted by Crippen LogP contribution is -2.07. The molecule has 0 atom stereocenters. The van der Waals surface area contributed by atoms with Crippen LogP contribution in [0.2, 0.25) is 0 Å². The standard InChI is InChI=1S/C31H26N2O/c1-4-30-32-26-10-7-11-28-31(26)33(30)27-17-16-24(19-29(27)34-28)21(3)13-12-20(2)23-15-14-22-8-5-6-9-25(22)18-23/h5-19H,4H2,1-3H3/b20-12+,21-13+. The molecule has 166 valence electrons. The Morgan fingerprint density at radius 1 is 0.794 bits per heavy atom. The van der Waals surface area contributed by atoms with Crippen molar-refractivity contribution in [3.63, 3.8) is 0 Å². The minimum Gasteiger partial charge on any atom is -0.453 e. The molecular formula is C31H26N2O. The lowest BCUT2D eigenvalue weighted by Gasteiger charge is -2.21. The number of nitrogens with zero attached hydrogens (tertiary/aromatic N) is 2. The number of benzene rings is 4. The molecule has 3 heteroatoms. The van der Waals surface area contributed by atoms with Crippen LogP contribution >= 0.6 is 0 Å². The molecule has 0 amide bonds. The van der Waals surface area contributed by atoms with E-state index >= 15 is 0 Å². The van der Waals surface area contributed by atoms with Crippen molar-refractivity contribution in [2.75, 3.05) is 0 Å². The van der Waals surface area contributed by atoms with Gasteiger partial charge in [-0.15, -0.1) is 0 Å². The maximum atomic E-state index is 6.33. The third kappa shape index (κ3) is 3.32. The quantitative estimate of drug-likeness (QED) is 0.256. The summed E-state index contributed by atoms with van der Waals surface area (Å²) in [5, 5.41) is 2.53. The average Bonchev–Trinajstić information content (AvgIpc) is 3.27. The number of aromatic nitrogens is 2. The highest BCUT2D eigenvalue weighted by atomic mass is 16.5. The molecule has 1 aliphatic heterocycles. The summed E-state index contributed by atoms with van der Waals surface area (Å²) in [6.07, 6.45) is 5.26. The van der Waals surface area contributed by atoms with E-state index < -0.39 is 0 Å². The highest BCUT2D eigenvalue weighted by Crippen LogP contribution is 2.42. The Hall–Kier alpha value is -4.11. The predicted octanol–water partition coefficient (Wildman–Crippen LogP) is 8.35. The van der Waals surface area contributed by atoms with Gasteiger partial charge in [0.2, 0.25) is 0 Å². The summed E-state index contributed by atoms with van der Waals surface area (Å²) in [7, 11) is 0. The van der Waals surface area contributed by atoms with Crippen molar-refractivity contribution in [2.45, 2.75) is 27.2 Å². The number of para-hydroxylation sites is 1. The Labute approximate surface area is 199 Å². The fourth-order valence-corrected chi connectivity index (χ4v) is 4.74. The van der Waals surface area contributed by atoms with E-state index in [9.17, 15) is 0 Å². The minimum absolute atomic E-state index is 0.864. The molecule has 0 aliphatic carbocycles. The molecular weight excluding hydrogens is 416 g/mol. The topological polar surface area (TPSA) is 27.1 Å². The molecule has 0 saturated heterocycles. The second-order valence-electron chi connectivity index (χ2n) is 8.89. The van der Waals surface area contributed by atoms with Crippen LogP contribution in [0.3, 0.4) is 0 Å². The number of aryl methyl sites for hydroxylation is 1. The first-order valence-electron chi connectivity index (χ1n) is 11.8. The SMILES string of the molecule is CCc1nc2cccc3c2n1-c1ccc(/C(C)=C/C=C(\C)c2ccc4ccccc4c2)cc1O3. The van der Waals surface area contributed by atoms with Crippen LogP contribution in [0.15, 0.2) is 91.0 Å². The van der Waals surface area contributed by atoms with Crippen LogP contribution in [-0.4, -0.2) is 9.55 Å². The van der Waals surface area contributed by atoms with Gasteiger partial charge in [-0.2, -0.15) is 0 Å². The first kappa shape index (κ1) is 20.5. The average molecular weight is 443 g/mol. The molecule has 6 rings (SSSR count). The summed E-state index contributed by atoms with van der Waals surface area (Å²) < 4.78 is 8.58. The van der Waals surface area contributed by atoms with E-state index in [1.165, 1.54) is 27.5 Å². The lowest BCUT2D eigenvalue weighted by atomic mass is 10.0. The molecule has 1 aromatic heterocycles. The first-order valence-corrected chi connectivity index (χ1v) is 11.8. The molecule has 0 bridgehead atoms. The van der Waals surface area contributed by atoms with Crippen molar-refractivity contribution < 1.29 is 4.74 Å². The fourth-order valence-electron chi connectivity index (χ4n) is 4.74. The number of ether oxygens (including phenoxy) is 1. The van der Waals surface area contributed by atoms with Gasteiger partial charge in [0.25, 0.3) is 0 Å². The lowest BCUT2D eigenvalue weighted by molar-refractivity contribution is 0.474. The van der Waals surface area contributed by atoms with Crippen LogP contribution in [-0.2, 0) is 6.42 Å². The highest BCUT2D eigenvalue weighted by Gasteiger charge is 2.23. The second kappa shape index (κ2) is 8.03. The molecule has 0 radical (unpaired) electrons. The largest absolute Gasteiger partial charge is 0.453 e. The van der Waals surface area contributed by atoms with Crippen LogP contribution in [0.1, 0.15) is 37.7 Å². The van der Waals surface area contributed by atoms with Crippen molar-refractivity contribution >= 4 is 33.0 Å². The third-order valence-electron chi connectivity index (χ3n) is 6.69. The summed E-state index contributed by atoms with van der Waals surface area (Å²) in [6.45, 7) is 6.46. The van der Waals surface area contributed by atoms with E-state index in [4.69, 9.17) is 9.72 Å². The Morgan fingerprint density at radius 3 is 2.32 bits per heavy atom. The monoisotopic (exact) mass is 442 g/mol. The summed E-state index contributed by atoms with van der Waals surface area (Å²) >= 11 is 0. The molecule has 2 heterocycles. The van der Waals surface area contributed by atoms with Crippen molar-refractivity contribution in [3.8, 4) is 17.2 Å². The van der Waals surface area contributed by atoms with Gasteiger partial charge in [0.1, 0.15) is 11.3 Å². The van der Waals surface area contributed by atoms with Crippen molar-refractivity contribution in [1.29, 1.82) is 0 Å². The van der Waals surface area contributed by atoms with E-state index in [1.54, 1.807) is 0 Å². The van der Waals surface area contributed by atoms with Gasteiger partial charge in [0.15, 0.2) is 11.5 Å². The zero-order chi connectivity index (χ0) is 23.2. The van der Waals surface area contributed by atoms with Crippen LogP contribution in [0, 0.1) is 0 Å². The van der Waals surface area contributed by atoms with E-state index in [1.807, 2.05) is 18.2 Å². The number of rotatable bonds is 4. The van der Waals surface area contributed by atoms with Crippen LogP contribution in [0.25, 0.3) is 38.6 Å². The Balaban J connectivity index is 1.35. The number of hydrogen-bond donors (Lipinski definition) is 0. The van der Waals surface area contributed by atoms with Crippen LogP contribution in [0.5, 0.6) is 11.5 Å². The van der Waals surface area contributed by atoms with Gasteiger partial charge in [0, 0.05) is 6.42 Å². The van der Waals surface area contributed by atoms with Gasteiger partial charge in [-0.1, -0.05) is 67.6 Å². The molecule has 34 heavy (non-hydrogen) atoms. The van der Waals surface area contributed by atoms with Gasteiger partial charge < -0.3 is 4.74 Å². The van der Waals surface area contributed by atoms with Gasteiger partial charge >= 0.3 is 0 Å². The van der Waals surface area contributed by atoms with Gasteiger partial charge in [0.05, 0.1) is 11.2 Å². The molecule has 3 nitrogen and oxygen atoms in total. The van der Waals surface area contributed by atoms with Crippen molar-refractivity contribution in [1.82, 2.24) is 9.55 Å². The summed E-state index contributed by atoms with van der Waals surface area (Å²) in [5.74, 6) is 2.79. The maximum absolute atomic E-state index is 6.33. The van der Waals surface area contributed by atoms with E-state index in [-0.39, 0.29) is 0 Å². The molecule has 0 saturated carbocycles. The molecule has 0 N–H and O–H groups in total. The van der Waals surface area contributed by atoms with Crippen molar-refractivity contribution in [2.24, 2.45) is 0 Å². The minimum atomic E-state index is 0.864. The van der Waals surface area contributed by atoms with Gasteiger partial charge in [-0.3, -0.25) is 4.57 Å². The summed E-state index contributed by atoms with van der Waals surface area (Å²) in [5.41, 5.74) is 7.91. The molecule has 0 unspecified atom stereocenters. The van der Waals surface area contributed by atoms with Crippen LogP contribution < -0.4 is 4.74 Å². The Bertz CT molecular complexity index is 1630. The number of allylic oxidation sites excluding steroid dienone is 4. The molecule has 1 aliphatic rings. The van der Waals surface area contributed by atoms with Crippen molar-refractivity contribution in [3.05, 3.63) is 108 Å². The zero-order valence-corrected chi connectivity index (χ0v) is 19.7. The third-order valence-corrected chi connectivity index (χ3v) is 6.69. The number of fused-ring (bicyclic) bond motifs is 3. The van der Waals surface area contributed by atoms with E-state index in [0.29, 0.717) is 0 Å². The summed E-state index contributed by atoms with van der Waals surface area (Å²) in [4.78, 5) is 4.82. The first-order chi connectivity index (χ1) is 16.6. The second-order valence-corrected chi connectivity index (χ2v) is 8.89. The number of hydrogen-bond acceptors (Lipinski definition) is 2. The Kier molecular flexibility index (Phi) is 4.84. The predicted molar refractivity (Wildman–Crippen MR) is 142 cm³/mol. The van der Waals surface area contributed by atoms with E-state index in [0.717, 1.165) is 46.0 Å². The fraction of sp³-hybridized carbons (Fsp3) is 0.129. The summed E-state index contributed by atoms with van der Waals surface area (Å²) in [6, 6.07) is 27.7. The maximum Gasteiger partial charge on any atom is 0.153 e. The zero-order valence-electron chi connectivity index (χ0n) is 19.7. The highest BCUT2D eigenvalue weighted by molar-refractivity contribution is 5.88.